The maximum Gasteiger partial charge on any atom is 0.330 e. The number of rotatable bonds is 6. The van der Waals surface area contributed by atoms with Crippen LogP contribution >= 0.6 is 23.1 Å². The van der Waals surface area contributed by atoms with Crippen LogP contribution in [0.25, 0.3) is 0 Å². The van der Waals surface area contributed by atoms with Crippen molar-refractivity contribution in [3.63, 3.8) is 0 Å². The second-order valence-corrected chi connectivity index (χ2v) is 9.11. The molecule has 0 N–H and O–H groups in total. The Balaban J connectivity index is 1.79. The van der Waals surface area contributed by atoms with Crippen LogP contribution in [0, 0.1) is 5.41 Å². The van der Waals surface area contributed by atoms with Crippen LogP contribution < -0.4 is 4.90 Å². The van der Waals surface area contributed by atoms with Crippen molar-refractivity contribution in [2.45, 2.75) is 44.7 Å². The molecule has 7 heteroatoms. The van der Waals surface area contributed by atoms with E-state index in [-0.39, 0.29) is 5.97 Å². The predicted octanol–water partition coefficient (Wildman–Crippen LogP) is 3.66. The van der Waals surface area contributed by atoms with Crippen LogP contribution in [0.5, 0.6) is 0 Å². The van der Waals surface area contributed by atoms with Crippen molar-refractivity contribution in [3.8, 4) is 0 Å². The maximum absolute atomic E-state index is 11.9. The summed E-state index contributed by atoms with van der Waals surface area (Å²) in [6.45, 7) is 11.0. The first-order valence-electron chi connectivity index (χ1n) is 8.21. The largest absolute Gasteiger partial charge is 0.367 e. The summed E-state index contributed by atoms with van der Waals surface area (Å²) in [5.74, 6) is 0.990. The number of hydrogen-bond acceptors (Lipinski definition) is 7. The summed E-state index contributed by atoms with van der Waals surface area (Å²) in [6.07, 6.45) is 4.45. The molecule has 0 aliphatic carbocycles. The van der Waals surface area contributed by atoms with Gasteiger partial charge in [0.1, 0.15) is 0 Å². The van der Waals surface area contributed by atoms with Crippen LogP contribution in [0.4, 0.5) is 5.13 Å². The van der Waals surface area contributed by atoms with Crippen LogP contribution in [0.3, 0.4) is 0 Å². The second kappa shape index (κ2) is 8.35. The van der Waals surface area contributed by atoms with Gasteiger partial charge in [0.2, 0.25) is 0 Å². The average molecular weight is 358 g/mol. The topological polar surface area (TPSA) is 45.7 Å². The van der Waals surface area contributed by atoms with Crippen molar-refractivity contribution in [3.05, 3.63) is 6.20 Å². The van der Waals surface area contributed by atoms with Crippen molar-refractivity contribution in [2.24, 2.45) is 5.41 Å². The Hall–Kier alpha value is -0.790. The highest BCUT2D eigenvalue weighted by Crippen LogP contribution is 2.31. The van der Waals surface area contributed by atoms with Gasteiger partial charge in [0.25, 0.3) is 0 Å². The molecule has 5 nitrogen and oxygen atoms in total. The minimum Gasteiger partial charge on any atom is -0.367 e. The summed E-state index contributed by atoms with van der Waals surface area (Å²) in [5, 5.41) is 2.85. The molecule has 0 bridgehead atoms. The maximum atomic E-state index is 11.9. The Labute approximate surface area is 147 Å². The highest BCUT2D eigenvalue weighted by atomic mass is 32.2. The van der Waals surface area contributed by atoms with E-state index >= 15 is 0 Å². The number of carbonyl (C=O) groups excluding carboxylic acids is 1. The van der Waals surface area contributed by atoms with Gasteiger partial charge in [0, 0.05) is 13.1 Å². The van der Waals surface area contributed by atoms with E-state index in [1.54, 1.807) is 16.4 Å². The van der Waals surface area contributed by atoms with E-state index < -0.39 is 5.41 Å². The fourth-order valence-electron chi connectivity index (χ4n) is 2.01. The molecule has 1 aliphatic rings. The molecule has 1 aromatic heterocycles. The van der Waals surface area contributed by atoms with E-state index in [1.165, 1.54) is 17.1 Å². The highest BCUT2D eigenvalue weighted by molar-refractivity contribution is 8.01. The molecule has 1 aliphatic heterocycles. The third-order valence-corrected chi connectivity index (χ3v) is 5.89. The van der Waals surface area contributed by atoms with Gasteiger partial charge in [0.05, 0.1) is 28.9 Å². The summed E-state index contributed by atoms with van der Waals surface area (Å²) < 4.78 is 1.29. The lowest BCUT2D eigenvalue weighted by Crippen LogP contribution is -2.48. The Bertz CT molecular complexity index is 506. The van der Waals surface area contributed by atoms with Crippen LogP contribution in [0.15, 0.2) is 10.4 Å². The molecule has 0 atom stereocenters. The molecule has 0 amide bonds. The van der Waals surface area contributed by atoms with Gasteiger partial charge in [0.15, 0.2) is 5.13 Å². The number of hydroxylamine groups is 2. The third-order valence-electron chi connectivity index (χ3n) is 3.55. The average Bonchev–Trinajstić information content (AvgIpc) is 2.96. The molecule has 23 heavy (non-hydrogen) atoms. The standard InChI is InChI=1S/C16H27N3O2S2/c1-5-6-11-22-13-12-17-15(23-13)18-7-9-19(10-8-18)21-14(20)16(2,3)4/h12H,5-11H2,1-4H3. The summed E-state index contributed by atoms with van der Waals surface area (Å²) in [5.41, 5.74) is -0.461. The molecule has 0 unspecified atom stereocenters. The Morgan fingerprint density at radius 3 is 2.65 bits per heavy atom. The smallest absolute Gasteiger partial charge is 0.330 e. The zero-order chi connectivity index (χ0) is 16.9. The summed E-state index contributed by atoms with van der Waals surface area (Å²) in [4.78, 5) is 24.2. The third kappa shape index (κ3) is 5.65. The first-order valence-corrected chi connectivity index (χ1v) is 10.0. The number of nitrogens with zero attached hydrogens (tertiary/aromatic N) is 3. The molecule has 2 rings (SSSR count). The van der Waals surface area contributed by atoms with E-state index in [0.29, 0.717) is 0 Å². The summed E-state index contributed by atoms with van der Waals surface area (Å²) in [7, 11) is 0. The Morgan fingerprint density at radius 1 is 1.35 bits per heavy atom. The molecular formula is C16H27N3O2S2. The number of unbranched alkanes of at least 4 members (excludes halogenated alkanes) is 1. The zero-order valence-corrected chi connectivity index (χ0v) is 16.1. The second-order valence-electron chi connectivity index (χ2n) is 6.71. The van der Waals surface area contributed by atoms with Gasteiger partial charge in [-0.25, -0.2) is 9.78 Å². The molecule has 1 fully saturated rings. The van der Waals surface area contributed by atoms with Crippen LogP contribution in [0.1, 0.15) is 40.5 Å². The van der Waals surface area contributed by atoms with Crippen molar-refractivity contribution in [1.29, 1.82) is 0 Å². The summed E-state index contributed by atoms with van der Waals surface area (Å²) in [6, 6.07) is 0. The van der Waals surface area contributed by atoms with Gasteiger partial charge in [-0.2, -0.15) is 0 Å². The van der Waals surface area contributed by atoms with Crippen LogP contribution in [-0.4, -0.2) is 47.9 Å². The van der Waals surface area contributed by atoms with Gasteiger partial charge in [-0.3, -0.25) is 0 Å². The van der Waals surface area contributed by atoms with E-state index in [4.69, 9.17) is 4.84 Å². The Morgan fingerprint density at radius 2 is 2.04 bits per heavy atom. The number of aromatic nitrogens is 1. The van der Waals surface area contributed by atoms with Gasteiger partial charge in [-0.05, 0) is 32.9 Å². The normalized spacial score (nSPS) is 16.6. The lowest BCUT2D eigenvalue weighted by atomic mass is 9.98. The van der Waals surface area contributed by atoms with E-state index in [2.05, 4.69) is 16.8 Å². The van der Waals surface area contributed by atoms with Gasteiger partial charge in [-0.15, -0.1) is 16.8 Å². The van der Waals surface area contributed by atoms with Crippen molar-refractivity contribution in [2.75, 3.05) is 36.8 Å². The minimum absolute atomic E-state index is 0.171. The molecule has 0 spiro atoms. The van der Waals surface area contributed by atoms with E-state index in [1.807, 2.05) is 38.7 Å². The van der Waals surface area contributed by atoms with Gasteiger partial charge >= 0.3 is 5.97 Å². The molecule has 1 aromatic rings. The van der Waals surface area contributed by atoms with Crippen molar-refractivity contribution in [1.82, 2.24) is 10.0 Å². The fraction of sp³-hybridized carbons (Fsp3) is 0.750. The molecule has 2 heterocycles. The zero-order valence-electron chi connectivity index (χ0n) is 14.5. The molecule has 1 saturated heterocycles. The van der Waals surface area contributed by atoms with E-state index in [9.17, 15) is 4.79 Å². The summed E-state index contributed by atoms with van der Waals surface area (Å²) >= 11 is 3.65. The predicted molar refractivity (Wildman–Crippen MR) is 97.1 cm³/mol. The fourth-order valence-corrected chi connectivity index (χ4v) is 4.18. The van der Waals surface area contributed by atoms with Crippen LogP contribution in [-0.2, 0) is 9.63 Å². The number of thioether (sulfide) groups is 1. The molecule has 0 aromatic carbocycles. The lowest BCUT2D eigenvalue weighted by molar-refractivity contribution is -0.201. The lowest BCUT2D eigenvalue weighted by Gasteiger charge is -2.34. The van der Waals surface area contributed by atoms with Crippen molar-refractivity contribution < 1.29 is 9.63 Å². The SMILES string of the molecule is CCCCSc1cnc(N2CCN(OC(=O)C(C)(C)C)CC2)s1. The van der Waals surface area contributed by atoms with E-state index in [0.717, 1.165) is 37.1 Å². The van der Waals surface area contributed by atoms with Crippen LogP contribution in [0.2, 0.25) is 0 Å². The number of piperazine rings is 1. The number of thiazole rings is 1. The van der Waals surface area contributed by atoms with Crippen molar-refractivity contribution >= 4 is 34.2 Å². The minimum atomic E-state index is -0.461. The molecular weight excluding hydrogens is 330 g/mol. The molecule has 0 saturated carbocycles. The first-order chi connectivity index (χ1) is 10.9. The highest BCUT2D eigenvalue weighted by Gasteiger charge is 2.28. The Kier molecular flexibility index (Phi) is 6.73. The van der Waals surface area contributed by atoms with Gasteiger partial charge < -0.3 is 9.74 Å². The first kappa shape index (κ1) is 18.5. The van der Waals surface area contributed by atoms with Gasteiger partial charge in [-0.1, -0.05) is 24.7 Å². The number of hydrogen-bond donors (Lipinski definition) is 0. The monoisotopic (exact) mass is 357 g/mol. The number of anilines is 1. The quantitative estimate of drug-likeness (QED) is 0.572. The number of carbonyl (C=O) groups is 1. The molecule has 130 valence electrons. The molecule has 0 radical (unpaired) electrons.